The van der Waals surface area contributed by atoms with Crippen molar-refractivity contribution in [2.75, 3.05) is 5.32 Å². The van der Waals surface area contributed by atoms with Gasteiger partial charge < -0.3 is 15.5 Å². The van der Waals surface area contributed by atoms with E-state index in [9.17, 15) is 15.0 Å². The summed E-state index contributed by atoms with van der Waals surface area (Å²) in [6.07, 6.45) is -1.25. The largest absolute Gasteiger partial charge is 0.388 e. The lowest BCUT2D eigenvalue weighted by Gasteiger charge is -2.25. The SMILES string of the molecule is CC(C)c1ccc(C(O)C[C@@]2(O)C(=O)Nc3c(Cl)ccc(Cl)c32)cc1. The molecule has 4 nitrogen and oxygen atoms in total. The lowest BCUT2D eigenvalue weighted by atomic mass is 9.87. The molecule has 6 heteroatoms. The Morgan fingerprint density at radius 2 is 1.60 bits per heavy atom. The molecule has 3 rings (SSSR count). The van der Waals surface area contributed by atoms with E-state index in [0.717, 1.165) is 5.56 Å². The fourth-order valence-corrected chi connectivity index (χ4v) is 3.62. The predicted octanol–water partition coefficient (Wildman–Crippen LogP) is 4.38. The van der Waals surface area contributed by atoms with E-state index < -0.39 is 17.6 Å². The molecule has 0 saturated carbocycles. The molecule has 132 valence electrons. The third-order valence-electron chi connectivity index (χ3n) is 4.61. The molecule has 0 bridgehead atoms. The van der Waals surface area contributed by atoms with E-state index >= 15 is 0 Å². The van der Waals surface area contributed by atoms with E-state index in [-0.39, 0.29) is 17.0 Å². The number of halogens is 2. The molecule has 2 atom stereocenters. The first-order valence-corrected chi connectivity index (χ1v) is 8.80. The number of rotatable bonds is 4. The zero-order valence-electron chi connectivity index (χ0n) is 13.9. The van der Waals surface area contributed by atoms with Crippen LogP contribution < -0.4 is 5.32 Å². The van der Waals surface area contributed by atoms with Gasteiger partial charge in [-0.25, -0.2) is 0 Å². The molecule has 1 aliphatic heterocycles. The summed E-state index contributed by atoms with van der Waals surface area (Å²) in [5.41, 5.74) is 0.340. The van der Waals surface area contributed by atoms with E-state index in [1.807, 2.05) is 12.1 Å². The van der Waals surface area contributed by atoms with Crippen LogP contribution in [0.3, 0.4) is 0 Å². The number of anilines is 1. The zero-order chi connectivity index (χ0) is 18.4. The highest BCUT2D eigenvalue weighted by Crippen LogP contribution is 2.47. The summed E-state index contributed by atoms with van der Waals surface area (Å²) in [6.45, 7) is 4.17. The van der Waals surface area contributed by atoms with Crippen molar-refractivity contribution in [3.8, 4) is 0 Å². The first-order valence-electron chi connectivity index (χ1n) is 8.04. The molecule has 1 heterocycles. The van der Waals surface area contributed by atoms with E-state index in [0.29, 0.717) is 22.2 Å². The third kappa shape index (κ3) is 3.15. The van der Waals surface area contributed by atoms with Crippen molar-refractivity contribution in [3.05, 3.63) is 63.1 Å². The van der Waals surface area contributed by atoms with Crippen LogP contribution in [0.4, 0.5) is 5.69 Å². The second kappa shape index (κ2) is 6.61. The first-order chi connectivity index (χ1) is 11.7. The monoisotopic (exact) mass is 379 g/mol. The van der Waals surface area contributed by atoms with Gasteiger partial charge in [-0.1, -0.05) is 61.3 Å². The molecule has 0 aromatic heterocycles. The van der Waals surface area contributed by atoms with Gasteiger partial charge in [0.25, 0.3) is 5.91 Å². The zero-order valence-corrected chi connectivity index (χ0v) is 15.4. The fraction of sp³-hybridized carbons (Fsp3) is 0.316. The van der Waals surface area contributed by atoms with Crippen LogP contribution in [-0.2, 0) is 10.4 Å². The number of fused-ring (bicyclic) bond motifs is 1. The van der Waals surface area contributed by atoms with Crippen molar-refractivity contribution in [1.82, 2.24) is 0 Å². The summed E-state index contributed by atoms with van der Waals surface area (Å²) < 4.78 is 0. The number of carbonyl (C=O) groups is 1. The third-order valence-corrected chi connectivity index (χ3v) is 5.24. The molecule has 1 aliphatic rings. The predicted molar refractivity (Wildman–Crippen MR) is 99.1 cm³/mol. The van der Waals surface area contributed by atoms with Crippen molar-refractivity contribution >= 4 is 34.8 Å². The second-order valence-corrected chi connectivity index (χ2v) is 7.45. The van der Waals surface area contributed by atoms with Gasteiger partial charge in [-0.05, 0) is 29.2 Å². The smallest absolute Gasteiger partial charge is 0.261 e. The molecule has 3 N–H and O–H groups in total. The number of aliphatic hydroxyl groups excluding tert-OH is 1. The minimum absolute atomic E-state index is 0.213. The van der Waals surface area contributed by atoms with Crippen LogP contribution in [0.2, 0.25) is 10.0 Å². The van der Waals surface area contributed by atoms with Crippen molar-refractivity contribution in [3.63, 3.8) is 0 Å². The van der Waals surface area contributed by atoms with Gasteiger partial charge in [-0.15, -0.1) is 0 Å². The standard InChI is InChI=1S/C19H19Cl2NO3/c1-10(2)11-3-5-12(6-4-11)15(23)9-19(25)16-13(20)7-8-14(21)17(16)22-18(19)24/h3-8,10,15,23,25H,9H2,1-2H3,(H,22,24)/t15?,19-/m0/s1. The molecule has 0 saturated heterocycles. The Balaban J connectivity index is 1.92. The van der Waals surface area contributed by atoms with Crippen molar-refractivity contribution in [2.24, 2.45) is 0 Å². The molecule has 0 fully saturated rings. The topological polar surface area (TPSA) is 69.6 Å². The minimum Gasteiger partial charge on any atom is -0.388 e. The van der Waals surface area contributed by atoms with Crippen LogP contribution in [0, 0.1) is 0 Å². The molecule has 2 aromatic rings. The van der Waals surface area contributed by atoms with Crippen LogP contribution >= 0.6 is 23.2 Å². The molecular weight excluding hydrogens is 361 g/mol. The van der Waals surface area contributed by atoms with Crippen LogP contribution in [0.25, 0.3) is 0 Å². The molecular formula is C19H19Cl2NO3. The van der Waals surface area contributed by atoms with E-state index in [4.69, 9.17) is 23.2 Å². The van der Waals surface area contributed by atoms with Gasteiger partial charge in [-0.2, -0.15) is 0 Å². The Bertz CT molecular complexity index is 820. The Morgan fingerprint density at radius 3 is 2.20 bits per heavy atom. The Morgan fingerprint density at radius 1 is 1.04 bits per heavy atom. The molecule has 25 heavy (non-hydrogen) atoms. The summed E-state index contributed by atoms with van der Waals surface area (Å²) in [6, 6.07) is 10.5. The molecule has 0 spiro atoms. The average Bonchev–Trinajstić information content (AvgIpc) is 2.83. The summed E-state index contributed by atoms with van der Waals surface area (Å²) in [5.74, 6) is -0.265. The van der Waals surface area contributed by atoms with Gasteiger partial charge in [0.2, 0.25) is 0 Å². The Labute approximate surface area is 156 Å². The van der Waals surface area contributed by atoms with Crippen molar-refractivity contribution < 1.29 is 15.0 Å². The van der Waals surface area contributed by atoms with Crippen LogP contribution in [-0.4, -0.2) is 16.1 Å². The lowest BCUT2D eigenvalue weighted by molar-refractivity contribution is -0.137. The van der Waals surface area contributed by atoms with Crippen LogP contribution in [0.1, 0.15) is 49.0 Å². The highest BCUT2D eigenvalue weighted by molar-refractivity contribution is 6.38. The summed E-state index contributed by atoms with van der Waals surface area (Å²) >= 11 is 12.3. The molecule has 2 aromatic carbocycles. The first kappa shape index (κ1) is 18.2. The Hall–Kier alpha value is -1.59. The van der Waals surface area contributed by atoms with Crippen LogP contribution in [0.5, 0.6) is 0 Å². The van der Waals surface area contributed by atoms with Crippen LogP contribution in [0.15, 0.2) is 36.4 Å². The van der Waals surface area contributed by atoms with Gasteiger partial charge in [-0.3, -0.25) is 4.79 Å². The summed E-state index contributed by atoms with van der Waals surface area (Å²) in [7, 11) is 0. The van der Waals surface area contributed by atoms with E-state index in [1.54, 1.807) is 18.2 Å². The number of nitrogens with one attached hydrogen (secondary N) is 1. The van der Waals surface area contributed by atoms with E-state index in [1.165, 1.54) is 6.07 Å². The number of hydrogen-bond acceptors (Lipinski definition) is 3. The molecule has 0 radical (unpaired) electrons. The number of carbonyl (C=O) groups excluding carboxylic acids is 1. The second-order valence-electron chi connectivity index (χ2n) is 6.63. The maximum absolute atomic E-state index is 12.4. The van der Waals surface area contributed by atoms with Crippen molar-refractivity contribution in [1.29, 1.82) is 0 Å². The maximum Gasteiger partial charge on any atom is 0.261 e. The van der Waals surface area contributed by atoms with Gasteiger partial charge >= 0.3 is 0 Å². The highest BCUT2D eigenvalue weighted by Gasteiger charge is 2.49. The van der Waals surface area contributed by atoms with Gasteiger partial charge in [0.15, 0.2) is 5.60 Å². The lowest BCUT2D eigenvalue weighted by Crippen LogP contribution is -2.36. The minimum atomic E-state index is -1.94. The van der Waals surface area contributed by atoms with Crippen molar-refractivity contribution in [2.45, 2.75) is 37.9 Å². The summed E-state index contributed by atoms with van der Waals surface area (Å²) in [4.78, 5) is 12.4. The fourth-order valence-electron chi connectivity index (χ4n) is 3.10. The highest BCUT2D eigenvalue weighted by atomic mass is 35.5. The molecule has 1 unspecified atom stereocenters. The van der Waals surface area contributed by atoms with E-state index in [2.05, 4.69) is 19.2 Å². The van der Waals surface area contributed by atoms with Gasteiger partial charge in [0, 0.05) is 17.0 Å². The number of benzene rings is 2. The summed E-state index contributed by atoms with van der Waals surface area (Å²) in [5, 5.41) is 24.6. The number of amides is 1. The maximum atomic E-state index is 12.4. The number of hydrogen-bond donors (Lipinski definition) is 3. The quantitative estimate of drug-likeness (QED) is 0.737. The van der Waals surface area contributed by atoms with Gasteiger partial charge in [0.1, 0.15) is 0 Å². The molecule has 0 aliphatic carbocycles. The Kier molecular flexibility index (Phi) is 4.82. The number of aliphatic hydroxyl groups is 2. The average molecular weight is 380 g/mol. The normalized spacial score (nSPS) is 20.5. The molecule has 1 amide bonds. The van der Waals surface area contributed by atoms with Gasteiger partial charge in [0.05, 0.1) is 16.8 Å².